The van der Waals surface area contributed by atoms with Gasteiger partial charge in [0.15, 0.2) is 0 Å². The molecule has 1 aromatic rings. The van der Waals surface area contributed by atoms with Crippen LogP contribution in [0.1, 0.15) is 5.56 Å². The van der Waals surface area contributed by atoms with Crippen LogP contribution in [0, 0.1) is 5.21 Å². The molecule has 12 heavy (non-hydrogen) atoms. The Morgan fingerprint density at radius 3 is 2.25 bits per heavy atom. The van der Waals surface area contributed by atoms with E-state index < -0.39 is 0 Å². The molecule has 0 spiro atoms. The molecule has 0 bridgehead atoms. The van der Waals surface area contributed by atoms with Crippen LogP contribution in [0.2, 0.25) is 0 Å². The van der Waals surface area contributed by atoms with Gasteiger partial charge in [0.1, 0.15) is 0 Å². The van der Waals surface area contributed by atoms with Gasteiger partial charge in [-0.1, -0.05) is 30.3 Å². The second-order valence-electron chi connectivity index (χ2n) is 3.53. The predicted molar refractivity (Wildman–Crippen MR) is 50.5 cm³/mol. The third-order valence-corrected chi connectivity index (χ3v) is 1.78. The number of hydrogen-bond acceptors (Lipinski definition) is 1. The van der Waals surface area contributed by atoms with Crippen molar-refractivity contribution in [3.05, 3.63) is 41.1 Å². The number of benzene rings is 1. The molecule has 0 aliphatic heterocycles. The number of hydrogen-bond donors (Lipinski definition) is 0. The fraction of sp³-hybridized carbons (Fsp3) is 0.400. The van der Waals surface area contributed by atoms with Gasteiger partial charge in [-0.2, -0.15) is 0 Å². The Bertz CT molecular complexity index is 225. The molecular weight excluding hydrogens is 150 g/mol. The van der Waals surface area contributed by atoms with Crippen molar-refractivity contribution in [3.63, 3.8) is 0 Å². The Balaban J connectivity index is 2.44. The highest BCUT2D eigenvalue weighted by Crippen LogP contribution is 2.02. The van der Waals surface area contributed by atoms with Crippen molar-refractivity contribution in [2.24, 2.45) is 0 Å². The van der Waals surface area contributed by atoms with Crippen molar-refractivity contribution < 1.29 is 4.65 Å². The predicted octanol–water partition coefficient (Wildman–Crippen LogP) is 1.80. The molecule has 0 aliphatic rings. The van der Waals surface area contributed by atoms with E-state index in [1.165, 1.54) is 5.56 Å². The summed E-state index contributed by atoms with van der Waals surface area (Å²) in [6, 6.07) is 10.1. The number of quaternary nitrogens is 1. The highest BCUT2D eigenvalue weighted by atomic mass is 16.5. The number of hydroxylamine groups is 3. The highest BCUT2D eigenvalue weighted by molar-refractivity contribution is 5.14. The van der Waals surface area contributed by atoms with E-state index in [0.29, 0.717) is 6.54 Å². The lowest BCUT2D eigenvalue weighted by Gasteiger charge is -2.33. The van der Waals surface area contributed by atoms with Gasteiger partial charge in [0.2, 0.25) is 0 Å². The lowest BCUT2D eigenvalue weighted by molar-refractivity contribution is -0.839. The molecule has 1 aromatic carbocycles. The van der Waals surface area contributed by atoms with Crippen LogP contribution >= 0.6 is 0 Å². The molecule has 0 unspecified atom stereocenters. The number of nitrogens with zero attached hydrogens (tertiary/aromatic N) is 1. The Kier molecular flexibility index (Phi) is 2.84. The zero-order valence-corrected chi connectivity index (χ0v) is 7.66. The van der Waals surface area contributed by atoms with Crippen LogP contribution < -0.4 is 0 Å². The van der Waals surface area contributed by atoms with Crippen LogP contribution in [0.4, 0.5) is 0 Å². The highest BCUT2D eigenvalue weighted by Gasteiger charge is 2.01. The largest absolute Gasteiger partial charge is 0.633 e. The Morgan fingerprint density at radius 1 is 1.17 bits per heavy atom. The number of likely N-dealkylation sites (N-methyl/N-ethyl adjacent to an activating group) is 1. The van der Waals surface area contributed by atoms with Crippen molar-refractivity contribution in [1.29, 1.82) is 0 Å². The summed E-state index contributed by atoms with van der Waals surface area (Å²) in [5.74, 6) is 0. The molecule has 0 radical (unpaired) electrons. The van der Waals surface area contributed by atoms with Crippen LogP contribution in [0.3, 0.4) is 0 Å². The van der Waals surface area contributed by atoms with Crippen LogP contribution in [0.25, 0.3) is 0 Å². The van der Waals surface area contributed by atoms with E-state index >= 15 is 0 Å². The average molecular weight is 165 g/mol. The molecule has 0 saturated carbocycles. The van der Waals surface area contributed by atoms with E-state index in [9.17, 15) is 5.21 Å². The Labute approximate surface area is 73.6 Å². The summed E-state index contributed by atoms with van der Waals surface area (Å²) in [4.78, 5) is 0. The fourth-order valence-electron chi connectivity index (χ4n) is 1.04. The van der Waals surface area contributed by atoms with Gasteiger partial charge in [0.25, 0.3) is 0 Å². The number of rotatable bonds is 3. The van der Waals surface area contributed by atoms with Gasteiger partial charge in [-0.3, -0.25) is 0 Å². The molecular formula is C10H15NO. The first kappa shape index (κ1) is 9.23. The minimum Gasteiger partial charge on any atom is -0.633 e. The van der Waals surface area contributed by atoms with Gasteiger partial charge in [-0.25, -0.2) is 0 Å². The van der Waals surface area contributed by atoms with E-state index in [4.69, 9.17) is 0 Å². The summed E-state index contributed by atoms with van der Waals surface area (Å²) in [6.07, 6.45) is 0.858. The third kappa shape index (κ3) is 3.51. The van der Waals surface area contributed by atoms with E-state index in [1.807, 2.05) is 18.2 Å². The summed E-state index contributed by atoms with van der Waals surface area (Å²) >= 11 is 0. The van der Waals surface area contributed by atoms with E-state index in [1.54, 1.807) is 14.1 Å². The molecule has 0 aliphatic carbocycles. The first-order chi connectivity index (χ1) is 5.58. The maximum atomic E-state index is 11.2. The maximum Gasteiger partial charge on any atom is 0.0820 e. The molecule has 0 saturated heterocycles. The van der Waals surface area contributed by atoms with Crippen molar-refractivity contribution in [1.82, 2.24) is 0 Å². The van der Waals surface area contributed by atoms with Gasteiger partial charge in [-0.15, -0.1) is 0 Å². The lowest BCUT2D eigenvalue weighted by Crippen LogP contribution is -2.34. The van der Waals surface area contributed by atoms with E-state index in [-0.39, 0.29) is 4.65 Å². The van der Waals surface area contributed by atoms with Gasteiger partial charge < -0.3 is 9.85 Å². The third-order valence-electron chi connectivity index (χ3n) is 1.78. The lowest BCUT2D eigenvalue weighted by atomic mass is 10.1. The molecule has 2 nitrogen and oxygen atoms in total. The van der Waals surface area contributed by atoms with Crippen molar-refractivity contribution >= 4 is 0 Å². The summed E-state index contributed by atoms with van der Waals surface area (Å²) in [5, 5.41) is 11.2. The van der Waals surface area contributed by atoms with Crippen molar-refractivity contribution in [2.45, 2.75) is 6.42 Å². The normalized spacial score (nSPS) is 11.6. The molecule has 1 rings (SSSR count). The van der Waals surface area contributed by atoms with E-state index in [2.05, 4.69) is 12.1 Å². The zero-order chi connectivity index (χ0) is 9.03. The molecule has 0 aromatic heterocycles. The molecule has 0 heterocycles. The van der Waals surface area contributed by atoms with E-state index in [0.717, 1.165) is 6.42 Å². The molecule has 0 atom stereocenters. The van der Waals surface area contributed by atoms with Gasteiger partial charge >= 0.3 is 0 Å². The standard InChI is InChI=1S/C10H15NO/c1-11(2,12)9-8-10-6-4-3-5-7-10/h3-7H,8-9H2,1-2H3. The SMILES string of the molecule is C[N+](C)([O-])CCc1ccccc1. The van der Waals surface area contributed by atoms with Gasteiger partial charge in [-0.05, 0) is 5.56 Å². The molecule has 0 amide bonds. The monoisotopic (exact) mass is 165 g/mol. The topological polar surface area (TPSA) is 23.1 Å². The van der Waals surface area contributed by atoms with Gasteiger partial charge in [0.05, 0.1) is 20.6 Å². The smallest absolute Gasteiger partial charge is 0.0820 e. The van der Waals surface area contributed by atoms with Gasteiger partial charge in [0, 0.05) is 6.42 Å². The molecule has 0 fully saturated rings. The maximum absolute atomic E-state index is 11.2. The fourth-order valence-corrected chi connectivity index (χ4v) is 1.04. The Morgan fingerprint density at radius 2 is 1.75 bits per heavy atom. The summed E-state index contributed by atoms with van der Waals surface area (Å²) in [6.45, 7) is 0.643. The second kappa shape index (κ2) is 3.70. The molecule has 0 N–H and O–H groups in total. The minimum absolute atomic E-state index is 0.213. The van der Waals surface area contributed by atoms with Crippen molar-refractivity contribution in [3.8, 4) is 0 Å². The van der Waals surface area contributed by atoms with Crippen LogP contribution in [-0.2, 0) is 6.42 Å². The summed E-state index contributed by atoms with van der Waals surface area (Å²) < 4.78 is -0.213. The molecule has 2 heteroatoms. The second-order valence-corrected chi connectivity index (χ2v) is 3.53. The molecule has 66 valence electrons. The van der Waals surface area contributed by atoms with Crippen LogP contribution in [0.5, 0.6) is 0 Å². The average Bonchev–Trinajstić information content (AvgIpc) is 2.02. The first-order valence-electron chi connectivity index (χ1n) is 4.16. The quantitative estimate of drug-likeness (QED) is 0.494. The Hall–Kier alpha value is -0.860. The zero-order valence-electron chi connectivity index (χ0n) is 7.66. The minimum atomic E-state index is -0.213. The van der Waals surface area contributed by atoms with Crippen molar-refractivity contribution in [2.75, 3.05) is 20.6 Å². The summed E-state index contributed by atoms with van der Waals surface area (Å²) in [5.41, 5.74) is 1.24. The van der Waals surface area contributed by atoms with Crippen LogP contribution in [-0.4, -0.2) is 25.3 Å². The summed E-state index contributed by atoms with van der Waals surface area (Å²) in [7, 11) is 3.34. The van der Waals surface area contributed by atoms with Crippen LogP contribution in [0.15, 0.2) is 30.3 Å². The first-order valence-corrected chi connectivity index (χ1v) is 4.16.